The summed E-state index contributed by atoms with van der Waals surface area (Å²) in [7, 11) is 6.02. The van der Waals surface area contributed by atoms with E-state index in [-0.39, 0.29) is 35.8 Å². The molecule has 6 nitrogen and oxygen atoms in total. The average molecular weight is 514 g/mol. The van der Waals surface area contributed by atoms with Gasteiger partial charge in [0.25, 0.3) is 0 Å². The van der Waals surface area contributed by atoms with E-state index in [4.69, 9.17) is 4.99 Å². The van der Waals surface area contributed by atoms with Gasteiger partial charge in [-0.3, -0.25) is 9.67 Å². The molecule has 0 saturated carbocycles. The zero-order valence-corrected chi connectivity index (χ0v) is 20.0. The van der Waals surface area contributed by atoms with Crippen molar-refractivity contribution >= 4 is 29.9 Å². The molecule has 0 spiro atoms. The third-order valence-electron chi connectivity index (χ3n) is 5.31. The van der Waals surface area contributed by atoms with Crippen molar-refractivity contribution in [3.8, 4) is 0 Å². The summed E-state index contributed by atoms with van der Waals surface area (Å²) in [6.45, 7) is 5.47. The van der Waals surface area contributed by atoms with Crippen LogP contribution in [0.3, 0.4) is 0 Å². The molecule has 1 aliphatic heterocycles. The van der Waals surface area contributed by atoms with Gasteiger partial charge in [0.1, 0.15) is 5.82 Å². The number of benzene rings is 1. The van der Waals surface area contributed by atoms with E-state index in [1.807, 2.05) is 44.2 Å². The Morgan fingerprint density at radius 3 is 2.66 bits per heavy atom. The number of nitrogens with zero attached hydrogens (tertiary/aromatic N) is 5. The van der Waals surface area contributed by atoms with Gasteiger partial charge in [0.05, 0.1) is 18.8 Å². The second-order valence-electron chi connectivity index (χ2n) is 7.60. The molecule has 1 aromatic heterocycles. The van der Waals surface area contributed by atoms with Gasteiger partial charge in [-0.2, -0.15) is 5.10 Å². The van der Waals surface area contributed by atoms with Gasteiger partial charge in [0.15, 0.2) is 5.96 Å². The lowest BCUT2D eigenvalue weighted by molar-refractivity contribution is 0.305. The van der Waals surface area contributed by atoms with Crippen molar-refractivity contribution in [3.05, 3.63) is 53.6 Å². The van der Waals surface area contributed by atoms with Crippen LogP contribution in [0.25, 0.3) is 0 Å². The predicted molar refractivity (Wildman–Crippen MR) is 126 cm³/mol. The number of aryl methyl sites for hydroxylation is 1. The number of rotatable bonds is 6. The second kappa shape index (κ2) is 10.9. The first-order valence-corrected chi connectivity index (χ1v) is 9.91. The van der Waals surface area contributed by atoms with Crippen molar-refractivity contribution in [3.63, 3.8) is 0 Å². The fraction of sp³-hybridized carbons (Fsp3) is 0.524. The molecule has 1 aromatic carbocycles. The van der Waals surface area contributed by atoms with Crippen molar-refractivity contribution in [2.45, 2.75) is 25.3 Å². The largest absolute Gasteiger partial charge is 0.357 e. The minimum atomic E-state index is -0.211. The molecule has 0 amide bonds. The molecule has 2 atom stereocenters. The van der Waals surface area contributed by atoms with Gasteiger partial charge < -0.3 is 15.1 Å². The maximum atomic E-state index is 13.3. The van der Waals surface area contributed by atoms with E-state index in [0.717, 1.165) is 37.6 Å². The number of hydrogen-bond acceptors (Lipinski definition) is 3. The quantitative estimate of drug-likeness (QED) is 0.366. The Morgan fingerprint density at radius 2 is 2.07 bits per heavy atom. The predicted octanol–water partition coefficient (Wildman–Crippen LogP) is 3.23. The summed E-state index contributed by atoms with van der Waals surface area (Å²) >= 11 is 0. The molecule has 2 heterocycles. The normalized spacial score (nSPS) is 18.1. The highest BCUT2D eigenvalue weighted by atomic mass is 127. The van der Waals surface area contributed by atoms with Crippen molar-refractivity contribution in [1.29, 1.82) is 0 Å². The van der Waals surface area contributed by atoms with Crippen LogP contribution in [0.15, 0.2) is 41.7 Å². The van der Waals surface area contributed by atoms with Gasteiger partial charge in [-0.1, -0.05) is 12.1 Å². The van der Waals surface area contributed by atoms with Crippen LogP contribution in [-0.4, -0.2) is 65.8 Å². The topological polar surface area (TPSA) is 48.7 Å². The molecule has 3 rings (SSSR count). The van der Waals surface area contributed by atoms with Gasteiger partial charge in [0.2, 0.25) is 0 Å². The van der Waals surface area contributed by atoms with E-state index in [9.17, 15) is 4.39 Å². The number of likely N-dealkylation sites (N-methyl/N-ethyl adjacent to an activating group) is 1. The highest BCUT2D eigenvalue weighted by Gasteiger charge is 2.27. The van der Waals surface area contributed by atoms with E-state index in [2.05, 4.69) is 33.3 Å². The Kier molecular flexibility index (Phi) is 8.88. The summed E-state index contributed by atoms with van der Waals surface area (Å²) < 4.78 is 15.1. The molecule has 29 heavy (non-hydrogen) atoms. The number of hydrogen-bond donors (Lipinski definition) is 1. The minimum absolute atomic E-state index is 0. The number of aromatic nitrogens is 2. The number of nitrogens with one attached hydrogen (secondary N) is 1. The molecule has 0 radical (unpaired) electrons. The van der Waals surface area contributed by atoms with Gasteiger partial charge in [0, 0.05) is 38.8 Å². The monoisotopic (exact) mass is 514 g/mol. The summed E-state index contributed by atoms with van der Waals surface area (Å²) in [6.07, 6.45) is 5.18. The fourth-order valence-electron chi connectivity index (χ4n) is 3.73. The molecule has 1 aliphatic rings. The molecule has 0 bridgehead atoms. The molecule has 1 saturated heterocycles. The van der Waals surface area contributed by atoms with Crippen molar-refractivity contribution in [2.75, 3.05) is 40.3 Å². The fourth-order valence-corrected chi connectivity index (χ4v) is 3.73. The lowest BCUT2D eigenvalue weighted by Gasteiger charge is -2.26. The highest BCUT2D eigenvalue weighted by Crippen LogP contribution is 2.27. The van der Waals surface area contributed by atoms with Gasteiger partial charge in [-0.25, -0.2) is 4.39 Å². The number of guanidine groups is 1. The molecular weight excluding hydrogens is 482 g/mol. The summed E-state index contributed by atoms with van der Waals surface area (Å²) in [5.41, 5.74) is 2.36. The molecule has 160 valence electrons. The zero-order chi connectivity index (χ0) is 20.1. The van der Waals surface area contributed by atoms with Gasteiger partial charge >= 0.3 is 0 Å². The first-order chi connectivity index (χ1) is 13.5. The summed E-state index contributed by atoms with van der Waals surface area (Å²) in [5, 5.41) is 7.74. The average Bonchev–Trinajstić information content (AvgIpc) is 3.31. The Bertz CT molecular complexity index is 789. The highest BCUT2D eigenvalue weighted by molar-refractivity contribution is 14.0. The van der Waals surface area contributed by atoms with Crippen LogP contribution < -0.4 is 5.32 Å². The summed E-state index contributed by atoms with van der Waals surface area (Å²) in [4.78, 5) is 9.38. The Hall–Kier alpha value is -1.68. The van der Waals surface area contributed by atoms with Crippen LogP contribution in [0.2, 0.25) is 0 Å². The number of likely N-dealkylation sites (tertiary alicyclic amines) is 1. The zero-order valence-electron chi connectivity index (χ0n) is 17.7. The van der Waals surface area contributed by atoms with E-state index in [1.54, 1.807) is 0 Å². The SMILES string of the molecule is CCNC(=NCC(c1ccc(F)cc1)N(C)C)N1CCC(c2cnn(C)c2)C1.I. The summed E-state index contributed by atoms with van der Waals surface area (Å²) in [6, 6.07) is 6.82. The maximum Gasteiger partial charge on any atom is 0.194 e. The molecule has 2 aromatic rings. The molecule has 1 N–H and O–H groups in total. The number of aliphatic imine (C=N–C) groups is 1. The first kappa shape index (κ1) is 23.6. The van der Waals surface area contributed by atoms with Crippen LogP contribution in [0, 0.1) is 5.82 Å². The van der Waals surface area contributed by atoms with Crippen LogP contribution in [0.1, 0.15) is 36.4 Å². The van der Waals surface area contributed by atoms with E-state index >= 15 is 0 Å². The van der Waals surface area contributed by atoms with Crippen LogP contribution in [0.5, 0.6) is 0 Å². The Balaban J connectivity index is 0.00000300. The maximum absolute atomic E-state index is 13.3. The lowest BCUT2D eigenvalue weighted by atomic mass is 10.0. The molecule has 2 unspecified atom stereocenters. The molecule has 0 aliphatic carbocycles. The van der Waals surface area contributed by atoms with Crippen LogP contribution >= 0.6 is 24.0 Å². The standard InChI is InChI=1S/C21H31FN6.HI/c1-5-23-21(28-11-10-17(15-28)18-12-25-27(4)14-18)24-13-20(26(2)3)16-6-8-19(22)9-7-16;/h6-9,12,14,17,20H,5,10-11,13,15H2,1-4H3,(H,23,24);1H. The number of halogens is 2. The van der Waals surface area contributed by atoms with E-state index < -0.39 is 0 Å². The van der Waals surface area contributed by atoms with E-state index in [0.29, 0.717) is 12.5 Å². The Morgan fingerprint density at radius 1 is 1.34 bits per heavy atom. The molecule has 8 heteroatoms. The lowest BCUT2D eigenvalue weighted by Crippen LogP contribution is -2.40. The third kappa shape index (κ3) is 6.15. The molecule has 1 fully saturated rings. The van der Waals surface area contributed by atoms with E-state index in [1.165, 1.54) is 17.7 Å². The van der Waals surface area contributed by atoms with Gasteiger partial charge in [-0.15, -0.1) is 24.0 Å². The Labute approximate surface area is 190 Å². The third-order valence-corrected chi connectivity index (χ3v) is 5.31. The minimum Gasteiger partial charge on any atom is -0.357 e. The second-order valence-corrected chi connectivity index (χ2v) is 7.60. The van der Waals surface area contributed by atoms with Crippen LogP contribution in [-0.2, 0) is 7.05 Å². The van der Waals surface area contributed by atoms with Gasteiger partial charge in [-0.05, 0) is 50.7 Å². The van der Waals surface area contributed by atoms with Crippen LogP contribution in [0.4, 0.5) is 4.39 Å². The summed E-state index contributed by atoms with van der Waals surface area (Å²) in [5.74, 6) is 1.22. The first-order valence-electron chi connectivity index (χ1n) is 9.91. The van der Waals surface area contributed by atoms with Crippen molar-refractivity contribution in [2.24, 2.45) is 12.0 Å². The molecular formula is C21H32FIN6. The smallest absolute Gasteiger partial charge is 0.194 e. The van der Waals surface area contributed by atoms with Crippen molar-refractivity contribution < 1.29 is 4.39 Å². The van der Waals surface area contributed by atoms with Crippen molar-refractivity contribution in [1.82, 2.24) is 24.9 Å².